The lowest BCUT2D eigenvalue weighted by atomic mass is 10.0. The van der Waals surface area contributed by atoms with Gasteiger partial charge in [0.15, 0.2) is 17.4 Å². The van der Waals surface area contributed by atoms with Crippen LogP contribution in [0, 0.1) is 18.6 Å². The van der Waals surface area contributed by atoms with Crippen molar-refractivity contribution in [3.05, 3.63) is 57.3 Å². The van der Waals surface area contributed by atoms with Crippen molar-refractivity contribution >= 4 is 17.1 Å². The first-order chi connectivity index (χ1) is 8.09. The molecule has 0 aliphatic carbocycles. The lowest BCUT2D eigenvalue weighted by molar-refractivity contribution is 0.0991. The molecule has 1 heterocycles. The molecule has 88 valence electrons. The molecule has 0 fully saturated rings. The zero-order valence-electron chi connectivity index (χ0n) is 9.17. The van der Waals surface area contributed by atoms with E-state index in [-0.39, 0.29) is 17.8 Å². The number of ketones is 1. The molecule has 17 heavy (non-hydrogen) atoms. The second kappa shape index (κ2) is 4.75. The summed E-state index contributed by atoms with van der Waals surface area (Å²) in [6.07, 6.45) is -0.110. The molecule has 0 N–H and O–H groups in total. The summed E-state index contributed by atoms with van der Waals surface area (Å²) < 4.78 is 26.3. The predicted octanol–water partition coefficient (Wildman–Crippen LogP) is 3.76. The second-order valence-electron chi connectivity index (χ2n) is 3.78. The molecular weight excluding hydrogens is 242 g/mol. The molecule has 0 saturated carbocycles. The molecule has 0 aliphatic heterocycles. The smallest absolute Gasteiger partial charge is 0.168 e. The van der Waals surface area contributed by atoms with Gasteiger partial charge in [-0.25, -0.2) is 8.78 Å². The Kier molecular flexibility index (Phi) is 3.33. The largest absolute Gasteiger partial charge is 0.294 e. The predicted molar refractivity (Wildman–Crippen MR) is 63.4 cm³/mol. The van der Waals surface area contributed by atoms with E-state index in [4.69, 9.17) is 0 Å². The number of rotatable bonds is 3. The third-order valence-corrected chi connectivity index (χ3v) is 3.40. The number of hydrogen-bond donors (Lipinski definition) is 0. The van der Waals surface area contributed by atoms with Crippen LogP contribution in [0.3, 0.4) is 0 Å². The number of carbonyl (C=O) groups excluding carboxylic acids is 1. The van der Waals surface area contributed by atoms with Gasteiger partial charge < -0.3 is 0 Å². The fraction of sp³-hybridized carbons (Fsp3) is 0.154. The van der Waals surface area contributed by atoms with Crippen molar-refractivity contribution in [2.24, 2.45) is 0 Å². The highest BCUT2D eigenvalue weighted by Gasteiger charge is 2.15. The zero-order valence-corrected chi connectivity index (χ0v) is 9.98. The van der Waals surface area contributed by atoms with Gasteiger partial charge in [-0.05, 0) is 29.5 Å². The van der Waals surface area contributed by atoms with Gasteiger partial charge in [0.05, 0.1) is 0 Å². The molecule has 1 nitrogen and oxygen atoms in total. The number of halogens is 2. The number of Topliss-reactive ketones (excluding diaryl/α,β-unsaturated/α-hetero) is 1. The van der Waals surface area contributed by atoms with Gasteiger partial charge in [-0.3, -0.25) is 4.79 Å². The van der Waals surface area contributed by atoms with E-state index in [0.717, 1.165) is 11.6 Å². The summed E-state index contributed by atoms with van der Waals surface area (Å²) >= 11 is 1.42. The van der Waals surface area contributed by atoms with Crippen LogP contribution in [-0.2, 0) is 6.42 Å². The van der Waals surface area contributed by atoms with E-state index < -0.39 is 11.6 Å². The molecular formula is C13H10F2OS. The Labute approximate surface area is 102 Å². The average Bonchev–Trinajstić information content (AvgIpc) is 2.71. The number of benzene rings is 1. The highest BCUT2D eigenvalue weighted by atomic mass is 32.1. The van der Waals surface area contributed by atoms with Gasteiger partial charge in [0.1, 0.15) is 0 Å². The molecule has 0 aliphatic rings. The van der Waals surface area contributed by atoms with Gasteiger partial charge in [-0.1, -0.05) is 12.1 Å². The molecule has 1 aromatic carbocycles. The summed E-state index contributed by atoms with van der Waals surface area (Å²) in [6, 6.07) is 3.87. The molecule has 0 amide bonds. The van der Waals surface area contributed by atoms with Crippen LogP contribution in [0.5, 0.6) is 0 Å². The zero-order chi connectivity index (χ0) is 12.4. The van der Waals surface area contributed by atoms with E-state index in [1.54, 1.807) is 5.38 Å². The summed E-state index contributed by atoms with van der Waals surface area (Å²) in [5, 5.41) is 3.59. The van der Waals surface area contributed by atoms with Gasteiger partial charge in [-0.15, -0.1) is 0 Å². The number of hydrogen-bond acceptors (Lipinski definition) is 2. The molecule has 0 bridgehead atoms. The number of thiophene rings is 1. The summed E-state index contributed by atoms with van der Waals surface area (Å²) in [6.45, 7) is 1.83. The van der Waals surface area contributed by atoms with Crippen LogP contribution in [-0.4, -0.2) is 5.78 Å². The fourth-order valence-electron chi connectivity index (χ4n) is 1.60. The Hall–Kier alpha value is -1.55. The van der Waals surface area contributed by atoms with E-state index in [1.807, 2.05) is 12.3 Å². The Balaban J connectivity index is 2.25. The van der Waals surface area contributed by atoms with Crippen molar-refractivity contribution < 1.29 is 13.6 Å². The minimum absolute atomic E-state index is 0.0978. The van der Waals surface area contributed by atoms with Crippen LogP contribution in [0.1, 0.15) is 21.5 Å². The minimum Gasteiger partial charge on any atom is -0.294 e. The van der Waals surface area contributed by atoms with E-state index in [9.17, 15) is 13.6 Å². The van der Waals surface area contributed by atoms with Crippen LogP contribution >= 0.6 is 11.3 Å². The third-order valence-electron chi connectivity index (χ3n) is 2.54. The Morgan fingerprint density at radius 2 is 2.06 bits per heavy atom. The highest BCUT2D eigenvalue weighted by molar-refractivity contribution is 7.08. The lowest BCUT2D eigenvalue weighted by Gasteiger charge is -2.03. The topological polar surface area (TPSA) is 17.1 Å². The number of aryl methyl sites for hydroxylation is 1. The molecule has 4 heteroatoms. The Morgan fingerprint density at radius 3 is 2.71 bits per heavy atom. The second-order valence-corrected chi connectivity index (χ2v) is 4.52. The maximum Gasteiger partial charge on any atom is 0.168 e. The van der Waals surface area contributed by atoms with Gasteiger partial charge in [-0.2, -0.15) is 11.3 Å². The van der Waals surface area contributed by atoms with Crippen LogP contribution in [0.4, 0.5) is 8.78 Å². The van der Waals surface area contributed by atoms with Gasteiger partial charge in [0.25, 0.3) is 0 Å². The third kappa shape index (κ3) is 2.42. The summed E-state index contributed by atoms with van der Waals surface area (Å²) in [5.74, 6) is -2.04. The molecule has 0 radical (unpaired) electrons. The van der Waals surface area contributed by atoms with Crippen molar-refractivity contribution in [3.63, 3.8) is 0 Å². The first-order valence-corrected chi connectivity index (χ1v) is 6.02. The Bertz CT molecular complexity index is 560. The summed E-state index contributed by atoms with van der Waals surface area (Å²) in [5.41, 5.74) is 1.55. The van der Waals surface area contributed by atoms with E-state index >= 15 is 0 Å². The lowest BCUT2D eigenvalue weighted by Crippen LogP contribution is -2.06. The average molecular weight is 252 g/mol. The van der Waals surface area contributed by atoms with Gasteiger partial charge in [0.2, 0.25) is 0 Å². The molecule has 2 rings (SSSR count). The van der Waals surface area contributed by atoms with Crippen LogP contribution < -0.4 is 0 Å². The molecule has 0 unspecified atom stereocenters. The maximum atomic E-state index is 13.4. The summed E-state index contributed by atoms with van der Waals surface area (Å²) in [7, 11) is 0. The minimum atomic E-state index is -0.936. The first kappa shape index (κ1) is 11.9. The van der Waals surface area contributed by atoms with Gasteiger partial charge in [0, 0.05) is 17.4 Å². The van der Waals surface area contributed by atoms with E-state index in [1.165, 1.54) is 23.5 Å². The molecule has 2 aromatic rings. The van der Waals surface area contributed by atoms with Crippen molar-refractivity contribution in [1.29, 1.82) is 0 Å². The monoisotopic (exact) mass is 252 g/mol. The number of carbonyl (C=O) groups is 1. The van der Waals surface area contributed by atoms with Crippen LogP contribution in [0.25, 0.3) is 0 Å². The van der Waals surface area contributed by atoms with E-state index in [2.05, 4.69) is 0 Å². The maximum absolute atomic E-state index is 13.4. The molecule has 0 atom stereocenters. The first-order valence-electron chi connectivity index (χ1n) is 5.08. The quantitative estimate of drug-likeness (QED) is 0.760. The van der Waals surface area contributed by atoms with Crippen molar-refractivity contribution in [2.75, 3.05) is 0 Å². The van der Waals surface area contributed by atoms with Crippen molar-refractivity contribution in [3.8, 4) is 0 Å². The molecule has 0 saturated heterocycles. The van der Waals surface area contributed by atoms with Gasteiger partial charge >= 0.3 is 0 Å². The normalized spacial score (nSPS) is 10.5. The summed E-state index contributed by atoms with van der Waals surface area (Å²) in [4.78, 5) is 11.9. The van der Waals surface area contributed by atoms with Crippen molar-refractivity contribution in [1.82, 2.24) is 0 Å². The van der Waals surface area contributed by atoms with Crippen LogP contribution in [0.15, 0.2) is 29.0 Å². The highest BCUT2D eigenvalue weighted by Crippen LogP contribution is 2.18. The molecule has 0 spiro atoms. The standard InChI is InChI=1S/C13H10F2OS/c1-8-6-17-7-10(8)12(16)5-9-3-2-4-11(14)13(9)15/h2-4,6-7H,5H2,1H3. The van der Waals surface area contributed by atoms with E-state index in [0.29, 0.717) is 5.56 Å². The SMILES string of the molecule is Cc1cscc1C(=O)Cc1cccc(F)c1F. The molecule has 1 aromatic heterocycles. The van der Waals surface area contributed by atoms with Crippen molar-refractivity contribution in [2.45, 2.75) is 13.3 Å². The van der Waals surface area contributed by atoms with Crippen LogP contribution in [0.2, 0.25) is 0 Å². The Morgan fingerprint density at radius 1 is 1.29 bits per heavy atom. The fourth-order valence-corrected chi connectivity index (χ4v) is 2.45.